The van der Waals surface area contributed by atoms with Crippen LogP contribution in [-0.4, -0.2) is 41.2 Å². The summed E-state index contributed by atoms with van der Waals surface area (Å²) in [6, 6.07) is 3.50. The average molecular weight is 474 g/mol. The number of pyridine rings is 1. The molecule has 0 unspecified atom stereocenters. The Morgan fingerprint density at radius 2 is 2.03 bits per heavy atom. The highest BCUT2D eigenvalue weighted by Gasteiger charge is 2.28. The maximum Gasteiger partial charge on any atom is 0.309 e. The quantitative estimate of drug-likeness (QED) is 0.593. The number of nitrogens with zero attached hydrogens (tertiary/aromatic N) is 1. The fraction of sp³-hybridized carbons (Fsp3) is 0.458. The Balaban J connectivity index is 1.85. The van der Waals surface area contributed by atoms with Crippen molar-refractivity contribution >= 4 is 29.2 Å². The second-order valence-electron chi connectivity index (χ2n) is 8.69. The minimum atomic E-state index is -1.08. The lowest BCUT2D eigenvalue weighted by atomic mass is 9.92. The standard InChI is InChI=1S/C24H28ClN3O5/c1-13-19(15-7-8-17-22(21(15)25)26-9-10-33-17)16(11-18(29)30)28(2)24(32)20(13)23(31)27-12-14-5-3-4-6-14/h7-8,14,26H,3-6,9-12H2,1-2H3,(H,27,31)(H,29,30). The summed E-state index contributed by atoms with van der Waals surface area (Å²) in [5.41, 5.74) is 1.83. The van der Waals surface area contributed by atoms with Gasteiger partial charge in [0.05, 0.1) is 17.1 Å². The number of fused-ring (bicyclic) bond motifs is 1. The molecule has 3 N–H and O–H groups in total. The van der Waals surface area contributed by atoms with Crippen molar-refractivity contribution in [2.24, 2.45) is 13.0 Å². The third-order valence-corrected chi connectivity index (χ3v) is 6.96. The van der Waals surface area contributed by atoms with E-state index in [-0.39, 0.29) is 17.7 Å². The second-order valence-corrected chi connectivity index (χ2v) is 9.07. The van der Waals surface area contributed by atoms with E-state index >= 15 is 0 Å². The largest absolute Gasteiger partial charge is 0.490 e. The van der Waals surface area contributed by atoms with Gasteiger partial charge in [0.2, 0.25) is 0 Å². The number of rotatable bonds is 6. The van der Waals surface area contributed by atoms with Crippen LogP contribution < -0.4 is 20.9 Å². The Morgan fingerprint density at radius 3 is 2.73 bits per heavy atom. The van der Waals surface area contributed by atoms with Crippen LogP contribution >= 0.6 is 11.6 Å². The number of anilines is 1. The summed E-state index contributed by atoms with van der Waals surface area (Å²) >= 11 is 6.74. The molecule has 1 aliphatic heterocycles. The number of aliphatic carboxylic acids is 1. The first kappa shape index (κ1) is 23.2. The summed E-state index contributed by atoms with van der Waals surface area (Å²) in [4.78, 5) is 38.0. The van der Waals surface area contributed by atoms with Crippen molar-refractivity contribution in [3.05, 3.63) is 44.3 Å². The van der Waals surface area contributed by atoms with E-state index in [1.54, 1.807) is 19.1 Å². The zero-order chi connectivity index (χ0) is 23.7. The summed E-state index contributed by atoms with van der Waals surface area (Å²) in [5.74, 6) is -0.505. The molecule has 1 aromatic heterocycles. The van der Waals surface area contributed by atoms with Gasteiger partial charge in [-0.05, 0) is 43.4 Å². The summed E-state index contributed by atoms with van der Waals surface area (Å²) in [7, 11) is 1.49. The van der Waals surface area contributed by atoms with Gasteiger partial charge in [-0.2, -0.15) is 0 Å². The molecule has 1 amide bonds. The summed E-state index contributed by atoms with van der Waals surface area (Å²) in [6.45, 7) is 3.29. The van der Waals surface area contributed by atoms with Crippen molar-refractivity contribution in [1.29, 1.82) is 0 Å². The molecule has 1 aliphatic carbocycles. The van der Waals surface area contributed by atoms with Gasteiger partial charge in [0, 0.05) is 37.0 Å². The van der Waals surface area contributed by atoms with Crippen LogP contribution in [0.15, 0.2) is 16.9 Å². The van der Waals surface area contributed by atoms with E-state index in [0.717, 1.165) is 25.7 Å². The minimum absolute atomic E-state index is 0.0117. The summed E-state index contributed by atoms with van der Waals surface area (Å²) in [6.07, 6.45) is 4.07. The maximum atomic E-state index is 13.2. The number of hydrogen-bond acceptors (Lipinski definition) is 5. The van der Waals surface area contributed by atoms with Gasteiger partial charge in [0.1, 0.15) is 17.9 Å². The Bertz CT molecular complexity index is 1170. The molecule has 176 valence electrons. The molecule has 9 heteroatoms. The monoisotopic (exact) mass is 473 g/mol. The van der Waals surface area contributed by atoms with Crippen molar-refractivity contribution in [1.82, 2.24) is 9.88 Å². The number of halogens is 1. The van der Waals surface area contributed by atoms with Gasteiger partial charge >= 0.3 is 5.97 Å². The molecule has 8 nitrogen and oxygen atoms in total. The minimum Gasteiger partial charge on any atom is -0.490 e. The van der Waals surface area contributed by atoms with Crippen LogP contribution in [0.5, 0.6) is 5.75 Å². The number of carboxylic acids is 1. The molecule has 4 rings (SSSR count). The van der Waals surface area contributed by atoms with Crippen molar-refractivity contribution < 1.29 is 19.4 Å². The van der Waals surface area contributed by atoms with Crippen molar-refractivity contribution in [3.63, 3.8) is 0 Å². The number of carboxylic acid groups (broad SMARTS) is 1. The number of ether oxygens (including phenoxy) is 1. The van der Waals surface area contributed by atoms with Gasteiger partial charge in [-0.3, -0.25) is 14.4 Å². The van der Waals surface area contributed by atoms with E-state index in [9.17, 15) is 19.5 Å². The van der Waals surface area contributed by atoms with Crippen molar-refractivity contribution in [2.75, 3.05) is 25.0 Å². The molecule has 1 fully saturated rings. The predicted octanol–water partition coefficient (Wildman–Crippen LogP) is 3.37. The molecule has 33 heavy (non-hydrogen) atoms. The van der Waals surface area contributed by atoms with Crippen LogP contribution in [0.3, 0.4) is 0 Å². The van der Waals surface area contributed by atoms with Crippen LogP contribution in [-0.2, 0) is 18.3 Å². The summed E-state index contributed by atoms with van der Waals surface area (Å²) in [5, 5.41) is 16.0. The number of aromatic nitrogens is 1. The summed E-state index contributed by atoms with van der Waals surface area (Å²) < 4.78 is 6.90. The third-order valence-electron chi connectivity index (χ3n) is 6.57. The zero-order valence-corrected chi connectivity index (χ0v) is 19.6. The number of nitrogens with one attached hydrogen (secondary N) is 2. The molecule has 0 spiro atoms. The highest BCUT2D eigenvalue weighted by molar-refractivity contribution is 6.36. The highest BCUT2D eigenvalue weighted by Crippen LogP contribution is 2.43. The molecule has 2 aromatic rings. The lowest BCUT2D eigenvalue weighted by molar-refractivity contribution is -0.136. The van der Waals surface area contributed by atoms with E-state index in [1.165, 1.54) is 11.6 Å². The lowest BCUT2D eigenvalue weighted by Gasteiger charge is -2.24. The lowest BCUT2D eigenvalue weighted by Crippen LogP contribution is -2.37. The molecule has 0 radical (unpaired) electrons. The fourth-order valence-corrected chi connectivity index (χ4v) is 5.17. The Morgan fingerprint density at radius 1 is 1.30 bits per heavy atom. The van der Waals surface area contributed by atoms with E-state index in [2.05, 4.69) is 10.6 Å². The van der Waals surface area contributed by atoms with Gasteiger partial charge in [-0.15, -0.1) is 0 Å². The van der Waals surface area contributed by atoms with Gasteiger partial charge in [0.15, 0.2) is 0 Å². The third kappa shape index (κ3) is 4.44. The van der Waals surface area contributed by atoms with E-state index in [0.29, 0.717) is 58.8 Å². The smallest absolute Gasteiger partial charge is 0.309 e. The molecular weight excluding hydrogens is 446 g/mol. The highest BCUT2D eigenvalue weighted by atomic mass is 35.5. The molecule has 1 aromatic carbocycles. The topological polar surface area (TPSA) is 110 Å². The van der Waals surface area contributed by atoms with Gasteiger partial charge in [0.25, 0.3) is 11.5 Å². The normalized spacial score (nSPS) is 15.5. The second kappa shape index (κ2) is 9.47. The average Bonchev–Trinajstić information content (AvgIpc) is 3.31. The van der Waals surface area contributed by atoms with Gasteiger partial charge in [-0.1, -0.05) is 24.4 Å². The Labute approximate surface area is 196 Å². The maximum absolute atomic E-state index is 13.2. The molecule has 0 bridgehead atoms. The zero-order valence-electron chi connectivity index (χ0n) is 18.8. The number of carbonyl (C=O) groups excluding carboxylic acids is 1. The molecule has 0 atom stereocenters. The number of carbonyl (C=O) groups is 2. The Kier molecular flexibility index (Phi) is 6.65. The molecule has 0 saturated heterocycles. The van der Waals surface area contributed by atoms with E-state index in [4.69, 9.17) is 16.3 Å². The number of amides is 1. The van der Waals surface area contributed by atoms with Crippen LogP contribution in [0.2, 0.25) is 5.02 Å². The van der Waals surface area contributed by atoms with Gasteiger partial charge in [-0.25, -0.2) is 0 Å². The first-order chi connectivity index (χ1) is 15.8. The molecular formula is C24H28ClN3O5. The molecule has 1 saturated carbocycles. The first-order valence-electron chi connectivity index (χ1n) is 11.2. The van der Waals surface area contributed by atoms with E-state index < -0.39 is 17.4 Å². The first-order valence-corrected chi connectivity index (χ1v) is 11.6. The van der Waals surface area contributed by atoms with Crippen LogP contribution in [0, 0.1) is 12.8 Å². The number of benzene rings is 1. The van der Waals surface area contributed by atoms with E-state index in [1.807, 2.05) is 0 Å². The van der Waals surface area contributed by atoms with Crippen molar-refractivity contribution in [3.8, 4) is 16.9 Å². The van der Waals surface area contributed by atoms with Crippen LogP contribution in [0.4, 0.5) is 5.69 Å². The predicted molar refractivity (Wildman–Crippen MR) is 126 cm³/mol. The fourth-order valence-electron chi connectivity index (χ4n) is 4.85. The van der Waals surface area contributed by atoms with Crippen LogP contribution in [0.25, 0.3) is 11.1 Å². The Hall–Kier alpha value is -3.00. The SMILES string of the molecule is Cc1c(-c2ccc3c(c2Cl)NCCO3)c(CC(=O)O)n(C)c(=O)c1C(=O)NCC1CCCC1. The van der Waals surface area contributed by atoms with Crippen LogP contribution in [0.1, 0.15) is 47.3 Å². The number of hydrogen-bond donors (Lipinski definition) is 3. The molecule has 2 aliphatic rings. The molecule has 2 heterocycles. The van der Waals surface area contributed by atoms with Gasteiger partial charge < -0.3 is 25.0 Å². The van der Waals surface area contributed by atoms with Crippen molar-refractivity contribution in [2.45, 2.75) is 39.0 Å².